The van der Waals surface area contributed by atoms with E-state index in [9.17, 15) is 18.0 Å². The Bertz CT molecular complexity index is 451. The number of hydrogen-bond donors (Lipinski definition) is 1. The molecule has 2 N–H and O–H groups in total. The van der Waals surface area contributed by atoms with Crippen molar-refractivity contribution in [1.29, 1.82) is 0 Å². The predicted molar refractivity (Wildman–Crippen MR) is 66.2 cm³/mol. The largest absolute Gasteiger partial charge is 0.497 e. The van der Waals surface area contributed by atoms with E-state index in [0.717, 1.165) is 0 Å². The minimum Gasteiger partial charge on any atom is -0.497 e. The van der Waals surface area contributed by atoms with Gasteiger partial charge in [-0.2, -0.15) is 13.2 Å². The Hall–Kier alpha value is -1.57. The Morgan fingerprint density at radius 2 is 2.05 bits per heavy atom. The van der Waals surface area contributed by atoms with E-state index in [-0.39, 0.29) is 29.7 Å². The summed E-state index contributed by atoms with van der Waals surface area (Å²) in [5.74, 6) is -0.723. The highest BCUT2D eigenvalue weighted by Gasteiger charge is 2.27. The van der Waals surface area contributed by atoms with Gasteiger partial charge in [-0.25, -0.2) is 4.79 Å². The van der Waals surface area contributed by atoms with Crippen LogP contribution in [-0.4, -0.2) is 30.9 Å². The van der Waals surface area contributed by atoms with E-state index in [0.29, 0.717) is 11.4 Å². The number of thioether (sulfide) groups is 1. The maximum Gasteiger partial charge on any atom is 0.441 e. The van der Waals surface area contributed by atoms with Crippen LogP contribution in [0.3, 0.4) is 0 Å². The van der Waals surface area contributed by atoms with Gasteiger partial charge in [0, 0.05) is 17.5 Å². The third kappa shape index (κ3) is 5.73. The maximum absolute atomic E-state index is 11.8. The van der Waals surface area contributed by atoms with E-state index < -0.39 is 11.5 Å². The van der Waals surface area contributed by atoms with Crippen molar-refractivity contribution in [2.75, 3.05) is 25.2 Å². The molecule has 4 nitrogen and oxygen atoms in total. The number of methoxy groups -OCH3 is 1. The number of hydrogen-bond acceptors (Lipinski definition) is 5. The van der Waals surface area contributed by atoms with Crippen LogP contribution in [0, 0.1) is 0 Å². The average Bonchev–Trinajstić information content (AvgIpc) is 2.32. The van der Waals surface area contributed by atoms with E-state index in [2.05, 4.69) is 0 Å². The SMILES string of the molecule is COc1cc(N)cc(C(=O)OCCSC(F)(F)F)c1. The number of carbonyl (C=O) groups is 1. The molecular weight excluding hydrogens is 283 g/mol. The Labute approximate surface area is 112 Å². The van der Waals surface area contributed by atoms with Crippen LogP contribution in [0.15, 0.2) is 18.2 Å². The van der Waals surface area contributed by atoms with Crippen LogP contribution in [-0.2, 0) is 4.74 Å². The van der Waals surface area contributed by atoms with E-state index in [1.807, 2.05) is 0 Å². The van der Waals surface area contributed by atoms with E-state index in [4.69, 9.17) is 15.2 Å². The van der Waals surface area contributed by atoms with Crippen molar-refractivity contribution in [2.24, 2.45) is 0 Å². The van der Waals surface area contributed by atoms with Crippen LogP contribution < -0.4 is 10.5 Å². The van der Waals surface area contributed by atoms with Crippen molar-refractivity contribution in [3.05, 3.63) is 23.8 Å². The number of halogens is 3. The number of ether oxygens (including phenoxy) is 2. The monoisotopic (exact) mass is 295 g/mol. The molecular formula is C11H12F3NO3S. The Kier molecular flexibility index (Phi) is 5.34. The number of benzene rings is 1. The van der Waals surface area contributed by atoms with Gasteiger partial charge in [-0.1, -0.05) is 0 Å². The number of esters is 1. The third-order valence-corrected chi connectivity index (χ3v) is 2.68. The summed E-state index contributed by atoms with van der Waals surface area (Å²) in [6, 6.07) is 4.27. The Morgan fingerprint density at radius 3 is 2.63 bits per heavy atom. The van der Waals surface area contributed by atoms with Gasteiger partial charge in [0.05, 0.1) is 12.7 Å². The molecule has 106 valence electrons. The molecule has 0 aliphatic carbocycles. The molecule has 0 aromatic heterocycles. The van der Waals surface area contributed by atoms with Crippen molar-refractivity contribution in [3.63, 3.8) is 0 Å². The minimum absolute atomic E-state index is 0.133. The number of anilines is 1. The van der Waals surface area contributed by atoms with Crippen LogP contribution in [0.5, 0.6) is 5.75 Å². The van der Waals surface area contributed by atoms with E-state index >= 15 is 0 Å². The second-order valence-corrected chi connectivity index (χ2v) is 4.58. The van der Waals surface area contributed by atoms with E-state index in [1.54, 1.807) is 0 Å². The summed E-state index contributed by atoms with van der Waals surface area (Å²) in [4.78, 5) is 11.6. The number of nitrogens with two attached hydrogens (primary N) is 1. The lowest BCUT2D eigenvalue weighted by atomic mass is 10.2. The van der Waals surface area contributed by atoms with Crippen LogP contribution in [0.4, 0.5) is 18.9 Å². The fraction of sp³-hybridized carbons (Fsp3) is 0.364. The summed E-state index contributed by atoms with van der Waals surface area (Å²) in [6.45, 7) is -0.333. The molecule has 0 heterocycles. The van der Waals surface area contributed by atoms with Crippen molar-refractivity contribution in [1.82, 2.24) is 0 Å². The van der Waals surface area contributed by atoms with Crippen LogP contribution in [0.1, 0.15) is 10.4 Å². The summed E-state index contributed by atoms with van der Waals surface area (Å²) in [7, 11) is 1.41. The fourth-order valence-electron chi connectivity index (χ4n) is 1.23. The zero-order valence-corrected chi connectivity index (χ0v) is 10.8. The van der Waals surface area contributed by atoms with Crippen molar-refractivity contribution >= 4 is 23.4 Å². The number of alkyl halides is 3. The van der Waals surface area contributed by atoms with Gasteiger partial charge in [-0.15, -0.1) is 0 Å². The van der Waals surface area contributed by atoms with Gasteiger partial charge in [-0.3, -0.25) is 0 Å². The first-order valence-electron chi connectivity index (χ1n) is 5.14. The quantitative estimate of drug-likeness (QED) is 0.514. The lowest BCUT2D eigenvalue weighted by Crippen LogP contribution is -2.11. The summed E-state index contributed by atoms with van der Waals surface area (Å²) < 4.78 is 45.2. The molecule has 0 aliphatic heterocycles. The molecule has 0 radical (unpaired) electrons. The molecule has 1 rings (SSSR count). The molecule has 8 heteroatoms. The van der Waals surface area contributed by atoms with Crippen molar-refractivity contribution in [2.45, 2.75) is 5.51 Å². The maximum atomic E-state index is 11.8. The van der Waals surface area contributed by atoms with Crippen LogP contribution >= 0.6 is 11.8 Å². The standard InChI is InChI=1S/C11H12F3NO3S/c1-17-9-5-7(4-8(15)6-9)10(16)18-2-3-19-11(12,13)14/h4-6H,2-3,15H2,1H3. The molecule has 0 saturated carbocycles. The number of nitrogen functional groups attached to an aromatic ring is 1. The molecule has 0 aliphatic rings. The van der Waals surface area contributed by atoms with Crippen LogP contribution in [0.2, 0.25) is 0 Å². The van der Waals surface area contributed by atoms with Gasteiger partial charge in [0.2, 0.25) is 0 Å². The highest BCUT2D eigenvalue weighted by molar-refractivity contribution is 8.00. The smallest absolute Gasteiger partial charge is 0.441 e. The molecule has 0 fully saturated rings. The van der Waals surface area contributed by atoms with E-state index in [1.165, 1.54) is 25.3 Å². The van der Waals surface area contributed by atoms with Gasteiger partial charge in [0.25, 0.3) is 0 Å². The highest BCUT2D eigenvalue weighted by atomic mass is 32.2. The van der Waals surface area contributed by atoms with Gasteiger partial charge >= 0.3 is 11.5 Å². The predicted octanol–water partition coefficient (Wildman–Crippen LogP) is 2.69. The molecule has 1 aromatic carbocycles. The zero-order valence-electron chi connectivity index (χ0n) is 9.99. The number of carbonyl (C=O) groups excluding carboxylic acids is 1. The molecule has 1 aromatic rings. The summed E-state index contributed by atoms with van der Waals surface area (Å²) in [5.41, 5.74) is 1.65. The lowest BCUT2D eigenvalue weighted by Gasteiger charge is -2.08. The molecule has 0 saturated heterocycles. The lowest BCUT2D eigenvalue weighted by molar-refractivity contribution is -0.0331. The second kappa shape index (κ2) is 6.55. The summed E-state index contributed by atoms with van der Waals surface area (Å²) >= 11 is -0.245. The normalized spacial score (nSPS) is 11.2. The molecule has 19 heavy (non-hydrogen) atoms. The fourth-order valence-corrected chi connectivity index (χ4v) is 1.63. The van der Waals surface area contributed by atoms with Crippen LogP contribution in [0.25, 0.3) is 0 Å². The first kappa shape index (κ1) is 15.5. The van der Waals surface area contributed by atoms with Gasteiger partial charge in [0.15, 0.2) is 0 Å². The Morgan fingerprint density at radius 1 is 1.37 bits per heavy atom. The minimum atomic E-state index is -4.33. The molecule has 0 bridgehead atoms. The van der Waals surface area contributed by atoms with Gasteiger partial charge in [-0.05, 0) is 23.9 Å². The third-order valence-electron chi connectivity index (χ3n) is 1.98. The van der Waals surface area contributed by atoms with Gasteiger partial charge < -0.3 is 15.2 Å². The first-order valence-corrected chi connectivity index (χ1v) is 6.13. The molecule has 0 atom stereocenters. The molecule has 0 amide bonds. The summed E-state index contributed by atoms with van der Waals surface area (Å²) in [6.07, 6.45) is 0. The van der Waals surface area contributed by atoms with Gasteiger partial charge in [0.1, 0.15) is 12.4 Å². The number of rotatable bonds is 5. The molecule has 0 spiro atoms. The average molecular weight is 295 g/mol. The Balaban J connectivity index is 2.52. The second-order valence-electron chi connectivity index (χ2n) is 3.42. The topological polar surface area (TPSA) is 61.5 Å². The highest BCUT2D eigenvalue weighted by Crippen LogP contribution is 2.29. The summed E-state index contributed by atoms with van der Waals surface area (Å²) in [5, 5.41) is 0. The van der Waals surface area contributed by atoms with Crippen molar-refractivity contribution in [3.8, 4) is 5.75 Å². The molecule has 0 unspecified atom stereocenters. The first-order chi connectivity index (χ1) is 8.81. The zero-order chi connectivity index (χ0) is 14.5. The van der Waals surface area contributed by atoms with Crippen molar-refractivity contribution < 1.29 is 27.4 Å².